The first kappa shape index (κ1) is 13.4. The van der Waals surface area contributed by atoms with Gasteiger partial charge in [0.25, 0.3) is 0 Å². The van der Waals surface area contributed by atoms with Crippen LogP contribution in [0.25, 0.3) is 0 Å². The third-order valence-electron chi connectivity index (χ3n) is 2.49. The van der Waals surface area contributed by atoms with Crippen LogP contribution in [0.1, 0.15) is 22.0 Å². The lowest BCUT2D eigenvalue weighted by Crippen LogP contribution is -1.99. The molecule has 0 amide bonds. The zero-order chi connectivity index (χ0) is 13.0. The lowest BCUT2D eigenvalue weighted by atomic mass is 10.1. The lowest BCUT2D eigenvalue weighted by molar-refractivity contribution is 0.613. The molecule has 0 aliphatic rings. The Hall–Kier alpha value is -1.04. The second-order valence-electron chi connectivity index (χ2n) is 3.86. The topological polar surface area (TPSA) is 51.8 Å². The monoisotopic (exact) mass is 285 g/mol. The van der Waals surface area contributed by atoms with Crippen LogP contribution in [-0.2, 0) is 12.8 Å². The Morgan fingerprint density at radius 1 is 1.28 bits per heavy atom. The molecule has 0 bridgehead atoms. The van der Waals surface area contributed by atoms with Gasteiger partial charge in [0.05, 0.1) is 0 Å². The minimum Gasteiger partial charge on any atom is -0.330 e. The van der Waals surface area contributed by atoms with Crippen LogP contribution < -0.4 is 5.73 Å². The van der Waals surface area contributed by atoms with Gasteiger partial charge in [0.15, 0.2) is 0 Å². The van der Waals surface area contributed by atoms with E-state index in [1.165, 1.54) is 17.4 Å². The number of hydrogen-bond acceptors (Lipinski definition) is 4. The molecule has 96 valence electrons. The van der Waals surface area contributed by atoms with E-state index < -0.39 is 0 Å². The number of nitrogens with two attached hydrogens (primary N) is 1. The fourth-order valence-corrected chi connectivity index (χ4v) is 2.69. The van der Waals surface area contributed by atoms with E-state index in [4.69, 9.17) is 17.3 Å². The van der Waals surface area contributed by atoms with Crippen LogP contribution >= 0.6 is 22.9 Å². The van der Waals surface area contributed by atoms with Gasteiger partial charge in [-0.15, -0.1) is 21.5 Å². The fraction of sp³-hybridized carbons (Fsp3) is 0.333. The molecule has 1 aromatic carbocycles. The van der Waals surface area contributed by atoms with Gasteiger partial charge in [-0.25, -0.2) is 4.39 Å². The van der Waals surface area contributed by atoms with Crippen molar-refractivity contribution in [1.29, 1.82) is 0 Å². The minimum absolute atomic E-state index is 0.304. The summed E-state index contributed by atoms with van der Waals surface area (Å²) in [6.07, 6.45) is 2.08. The molecule has 1 aromatic heterocycles. The molecule has 3 nitrogen and oxygen atoms in total. The highest BCUT2D eigenvalue weighted by Gasteiger charge is 2.11. The summed E-state index contributed by atoms with van der Waals surface area (Å²) in [5, 5.41) is 10.2. The summed E-state index contributed by atoms with van der Waals surface area (Å²) in [7, 11) is 0. The maximum atomic E-state index is 13.6. The van der Waals surface area contributed by atoms with Crippen LogP contribution in [0.2, 0.25) is 5.02 Å². The van der Waals surface area contributed by atoms with Crippen molar-refractivity contribution in [3.05, 3.63) is 44.6 Å². The van der Waals surface area contributed by atoms with Gasteiger partial charge in [-0.05, 0) is 25.1 Å². The third kappa shape index (κ3) is 3.25. The Kier molecular flexibility index (Phi) is 4.63. The molecule has 0 fully saturated rings. The average molecular weight is 286 g/mol. The quantitative estimate of drug-likeness (QED) is 0.919. The van der Waals surface area contributed by atoms with Gasteiger partial charge in [0.2, 0.25) is 0 Å². The van der Waals surface area contributed by atoms with Crippen molar-refractivity contribution in [2.24, 2.45) is 5.73 Å². The molecule has 2 N–H and O–H groups in total. The molecule has 0 aliphatic heterocycles. The molecule has 0 unspecified atom stereocenters. The molecule has 0 atom stereocenters. The Morgan fingerprint density at radius 2 is 2.06 bits per heavy atom. The standard InChI is InChI=1S/C12H13ClFN3S/c13-9-3-1-4-10(14)8(9)7-12-17-16-11(18-12)5-2-6-15/h1,3-4H,2,5-7,15H2. The zero-order valence-corrected chi connectivity index (χ0v) is 11.3. The first-order valence-electron chi connectivity index (χ1n) is 5.65. The normalized spacial score (nSPS) is 10.8. The Labute approximate surface area is 114 Å². The first-order valence-corrected chi connectivity index (χ1v) is 6.84. The lowest BCUT2D eigenvalue weighted by Gasteiger charge is -2.02. The summed E-state index contributed by atoms with van der Waals surface area (Å²) < 4.78 is 13.6. The summed E-state index contributed by atoms with van der Waals surface area (Å²) in [5.41, 5.74) is 5.91. The van der Waals surface area contributed by atoms with Gasteiger partial charge in [-0.1, -0.05) is 17.7 Å². The SMILES string of the molecule is NCCCc1nnc(Cc2c(F)cccc2Cl)s1. The molecule has 18 heavy (non-hydrogen) atoms. The molecule has 0 radical (unpaired) electrons. The van der Waals surface area contributed by atoms with Gasteiger partial charge in [-0.3, -0.25) is 0 Å². The van der Waals surface area contributed by atoms with Crippen molar-refractivity contribution in [3.63, 3.8) is 0 Å². The predicted molar refractivity (Wildman–Crippen MR) is 71.5 cm³/mol. The maximum absolute atomic E-state index is 13.6. The summed E-state index contributed by atoms with van der Waals surface area (Å²) in [4.78, 5) is 0. The molecule has 0 spiro atoms. The summed E-state index contributed by atoms with van der Waals surface area (Å²) in [6.45, 7) is 0.633. The Morgan fingerprint density at radius 3 is 2.78 bits per heavy atom. The van der Waals surface area contributed by atoms with E-state index in [1.54, 1.807) is 12.1 Å². The molecule has 2 aromatic rings. The van der Waals surface area contributed by atoms with Crippen molar-refractivity contribution >= 4 is 22.9 Å². The highest BCUT2D eigenvalue weighted by molar-refractivity contribution is 7.11. The zero-order valence-electron chi connectivity index (χ0n) is 9.70. The van der Waals surface area contributed by atoms with Crippen LogP contribution in [-0.4, -0.2) is 16.7 Å². The molecule has 1 heterocycles. The number of rotatable bonds is 5. The second-order valence-corrected chi connectivity index (χ2v) is 5.41. The van der Waals surface area contributed by atoms with E-state index >= 15 is 0 Å². The Bertz CT molecular complexity index is 510. The Balaban J connectivity index is 2.11. The third-order valence-corrected chi connectivity index (χ3v) is 3.83. The smallest absolute Gasteiger partial charge is 0.128 e. The highest BCUT2D eigenvalue weighted by atomic mass is 35.5. The molecule has 0 saturated carbocycles. The van der Waals surface area contributed by atoms with Crippen molar-refractivity contribution in [2.45, 2.75) is 19.3 Å². The van der Waals surface area contributed by atoms with E-state index in [1.807, 2.05) is 0 Å². The molecule has 2 rings (SSSR count). The highest BCUT2D eigenvalue weighted by Crippen LogP contribution is 2.23. The van der Waals surface area contributed by atoms with Gasteiger partial charge in [0, 0.05) is 23.4 Å². The first-order chi connectivity index (χ1) is 8.70. The molecule has 0 saturated heterocycles. The number of benzene rings is 1. The van der Waals surface area contributed by atoms with E-state index in [9.17, 15) is 4.39 Å². The van der Waals surface area contributed by atoms with Crippen LogP contribution in [0, 0.1) is 5.82 Å². The average Bonchev–Trinajstić information content (AvgIpc) is 2.79. The molecular formula is C12H13ClFN3S. The number of hydrogen-bond donors (Lipinski definition) is 1. The van der Waals surface area contributed by atoms with E-state index in [0.29, 0.717) is 23.6 Å². The fourth-order valence-electron chi connectivity index (χ4n) is 1.57. The maximum Gasteiger partial charge on any atom is 0.128 e. The number of halogens is 2. The number of nitrogens with zero attached hydrogens (tertiary/aromatic N) is 2. The number of aryl methyl sites for hydroxylation is 1. The minimum atomic E-state index is -0.304. The summed E-state index contributed by atoms with van der Waals surface area (Å²) in [6, 6.07) is 4.67. The van der Waals surface area contributed by atoms with E-state index in [2.05, 4.69) is 10.2 Å². The molecule has 6 heteroatoms. The van der Waals surface area contributed by atoms with Crippen LogP contribution in [0.3, 0.4) is 0 Å². The van der Waals surface area contributed by atoms with Gasteiger partial charge in [-0.2, -0.15) is 0 Å². The van der Waals surface area contributed by atoms with Gasteiger partial charge >= 0.3 is 0 Å². The number of aromatic nitrogens is 2. The van der Waals surface area contributed by atoms with Crippen molar-refractivity contribution in [1.82, 2.24) is 10.2 Å². The molecule has 0 aliphatic carbocycles. The van der Waals surface area contributed by atoms with Gasteiger partial charge in [0.1, 0.15) is 15.8 Å². The van der Waals surface area contributed by atoms with E-state index in [0.717, 1.165) is 22.9 Å². The van der Waals surface area contributed by atoms with Crippen LogP contribution in [0.4, 0.5) is 4.39 Å². The summed E-state index contributed by atoms with van der Waals surface area (Å²) >= 11 is 7.45. The summed E-state index contributed by atoms with van der Waals surface area (Å²) in [5.74, 6) is -0.304. The molecular weight excluding hydrogens is 273 g/mol. The van der Waals surface area contributed by atoms with Crippen molar-refractivity contribution < 1.29 is 4.39 Å². The van der Waals surface area contributed by atoms with Crippen LogP contribution in [0.5, 0.6) is 0 Å². The van der Waals surface area contributed by atoms with E-state index in [-0.39, 0.29) is 5.82 Å². The predicted octanol–water partition coefficient (Wildman–Crippen LogP) is 2.81. The van der Waals surface area contributed by atoms with Crippen LogP contribution in [0.15, 0.2) is 18.2 Å². The van der Waals surface area contributed by atoms with Crippen molar-refractivity contribution in [3.8, 4) is 0 Å². The van der Waals surface area contributed by atoms with Gasteiger partial charge < -0.3 is 5.73 Å². The second kappa shape index (κ2) is 6.22. The largest absolute Gasteiger partial charge is 0.330 e. The van der Waals surface area contributed by atoms with Crippen molar-refractivity contribution in [2.75, 3.05) is 6.54 Å².